The molecule has 1 amide bonds. The molecule has 2 aromatic rings. The highest BCUT2D eigenvalue weighted by molar-refractivity contribution is 6.11. The van der Waals surface area contributed by atoms with Crippen molar-refractivity contribution in [1.82, 2.24) is 5.32 Å². The van der Waals surface area contributed by atoms with Crippen molar-refractivity contribution < 1.29 is 9.90 Å². The molecule has 4 aliphatic rings. The van der Waals surface area contributed by atoms with Gasteiger partial charge in [0.2, 0.25) is 0 Å². The Hall–Kier alpha value is -3.00. The van der Waals surface area contributed by atoms with E-state index in [1.165, 1.54) is 19.3 Å². The Labute approximate surface area is 170 Å². The quantitative estimate of drug-likeness (QED) is 0.534. The molecule has 4 bridgehead atoms. The van der Waals surface area contributed by atoms with Crippen molar-refractivity contribution in [2.75, 3.05) is 5.32 Å². The van der Waals surface area contributed by atoms with Gasteiger partial charge in [-0.05, 0) is 68.4 Å². The molecule has 0 aliphatic heterocycles. The lowest BCUT2D eigenvalue weighted by molar-refractivity contribution is -0.112. The van der Waals surface area contributed by atoms with Gasteiger partial charge < -0.3 is 15.7 Å². The molecule has 3 N–H and O–H groups in total. The minimum atomic E-state index is -0.430. The van der Waals surface area contributed by atoms with E-state index in [2.05, 4.69) is 16.7 Å². The zero-order chi connectivity index (χ0) is 20.0. The number of nitrogens with one attached hydrogen (secondary N) is 2. The molecule has 0 saturated heterocycles. The van der Waals surface area contributed by atoms with Crippen LogP contribution >= 0.6 is 0 Å². The summed E-state index contributed by atoms with van der Waals surface area (Å²) < 4.78 is 0. The zero-order valence-electron chi connectivity index (χ0n) is 16.3. The van der Waals surface area contributed by atoms with E-state index in [1.807, 2.05) is 6.07 Å². The van der Waals surface area contributed by atoms with Crippen molar-refractivity contribution in [3.05, 3.63) is 48.2 Å². The second-order valence-electron chi connectivity index (χ2n) is 9.14. The molecule has 0 spiro atoms. The molecule has 2 aromatic carbocycles. The third-order valence-electron chi connectivity index (χ3n) is 7.07. The minimum Gasteiger partial charge on any atom is -0.507 e. The van der Waals surface area contributed by atoms with E-state index < -0.39 is 5.91 Å². The van der Waals surface area contributed by atoms with Crippen LogP contribution in [-0.4, -0.2) is 16.6 Å². The number of phenols is 1. The standard InChI is InChI=1S/C24H25N3O2/c25-13-18(14-26-24-10-15-7-16(11-24)9-17(8-15)12-24)23(29)27-21-5-1-4-20-19(21)3-2-6-22(20)28/h1-6,14-17,26,28H,7-12H2,(H,27,29)/b18-14-. The number of nitriles is 1. The molecule has 0 unspecified atom stereocenters. The first kappa shape index (κ1) is 18.1. The molecule has 5 nitrogen and oxygen atoms in total. The average molecular weight is 387 g/mol. The molecule has 29 heavy (non-hydrogen) atoms. The van der Waals surface area contributed by atoms with Gasteiger partial charge in [-0.2, -0.15) is 5.26 Å². The number of amides is 1. The number of carbonyl (C=O) groups excluding carboxylic acids is 1. The molecule has 0 atom stereocenters. The van der Waals surface area contributed by atoms with Gasteiger partial charge in [0.05, 0.1) is 0 Å². The van der Waals surface area contributed by atoms with E-state index in [1.54, 1.807) is 36.5 Å². The largest absolute Gasteiger partial charge is 0.507 e. The van der Waals surface area contributed by atoms with Crippen molar-refractivity contribution >= 4 is 22.4 Å². The van der Waals surface area contributed by atoms with Crippen LogP contribution in [0.15, 0.2) is 48.2 Å². The van der Waals surface area contributed by atoms with Gasteiger partial charge in [0, 0.05) is 28.2 Å². The summed E-state index contributed by atoms with van der Waals surface area (Å²) in [5.74, 6) is 2.12. The molecule has 0 radical (unpaired) electrons. The van der Waals surface area contributed by atoms with Crippen LogP contribution in [0.1, 0.15) is 38.5 Å². The van der Waals surface area contributed by atoms with Crippen LogP contribution in [0.4, 0.5) is 5.69 Å². The Balaban J connectivity index is 1.35. The van der Waals surface area contributed by atoms with E-state index in [0.29, 0.717) is 11.1 Å². The molecular weight excluding hydrogens is 362 g/mol. The summed E-state index contributed by atoms with van der Waals surface area (Å²) >= 11 is 0. The molecular formula is C24H25N3O2. The average Bonchev–Trinajstić information content (AvgIpc) is 2.68. The topological polar surface area (TPSA) is 85.2 Å². The van der Waals surface area contributed by atoms with Gasteiger partial charge in [-0.1, -0.05) is 24.3 Å². The lowest BCUT2D eigenvalue weighted by Crippen LogP contribution is -2.57. The van der Waals surface area contributed by atoms with Gasteiger partial charge in [0.15, 0.2) is 0 Å². The molecule has 148 valence electrons. The Morgan fingerprint density at radius 3 is 2.31 bits per heavy atom. The van der Waals surface area contributed by atoms with Gasteiger partial charge in [-0.15, -0.1) is 0 Å². The number of aromatic hydroxyl groups is 1. The minimum absolute atomic E-state index is 0.0579. The van der Waals surface area contributed by atoms with Crippen LogP contribution in [0.2, 0.25) is 0 Å². The van der Waals surface area contributed by atoms with Crippen LogP contribution in [0.25, 0.3) is 10.8 Å². The normalized spacial score (nSPS) is 30.2. The number of phenolic OH excluding ortho intramolecular Hbond substituents is 1. The van der Waals surface area contributed by atoms with Crippen LogP contribution < -0.4 is 10.6 Å². The van der Waals surface area contributed by atoms with E-state index >= 15 is 0 Å². The van der Waals surface area contributed by atoms with Crippen molar-refractivity contribution in [2.45, 2.75) is 44.1 Å². The first-order valence-corrected chi connectivity index (χ1v) is 10.5. The maximum Gasteiger partial charge on any atom is 0.267 e. The third kappa shape index (κ3) is 3.23. The first-order valence-electron chi connectivity index (χ1n) is 10.5. The van der Waals surface area contributed by atoms with Gasteiger partial charge in [0.1, 0.15) is 17.4 Å². The second kappa shape index (κ2) is 6.81. The van der Waals surface area contributed by atoms with Crippen LogP contribution in [0.3, 0.4) is 0 Å². The summed E-state index contributed by atoms with van der Waals surface area (Å²) in [6, 6.07) is 12.6. The van der Waals surface area contributed by atoms with Gasteiger partial charge in [-0.25, -0.2) is 0 Å². The van der Waals surface area contributed by atoms with Gasteiger partial charge in [-0.3, -0.25) is 4.79 Å². The number of nitrogens with zero attached hydrogens (tertiary/aromatic N) is 1. The smallest absolute Gasteiger partial charge is 0.267 e. The molecule has 6 rings (SSSR count). The van der Waals surface area contributed by atoms with Crippen LogP contribution in [0.5, 0.6) is 5.75 Å². The molecule has 0 heterocycles. The molecule has 4 fully saturated rings. The number of hydrogen-bond acceptors (Lipinski definition) is 4. The lowest BCUT2D eigenvalue weighted by atomic mass is 9.53. The van der Waals surface area contributed by atoms with Crippen LogP contribution in [-0.2, 0) is 4.79 Å². The zero-order valence-corrected chi connectivity index (χ0v) is 16.3. The number of anilines is 1. The highest BCUT2D eigenvalue weighted by Crippen LogP contribution is 2.55. The lowest BCUT2D eigenvalue weighted by Gasteiger charge is -2.56. The monoisotopic (exact) mass is 387 g/mol. The Morgan fingerprint density at radius 2 is 1.66 bits per heavy atom. The Kier molecular flexibility index (Phi) is 4.24. The second-order valence-corrected chi connectivity index (χ2v) is 9.14. The number of fused-ring (bicyclic) bond motifs is 1. The van der Waals surface area contributed by atoms with Crippen molar-refractivity contribution in [1.29, 1.82) is 5.26 Å². The highest BCUT2D eigenvalue weighted by atomic mass is 16.3. The summed E-state index contributed by atoms with van der Waals surface area (Å²) in [6.45, 7) is 0. The fourth-order valence-corrected chi connectivity index (χ4v) is 6.25. The Bertz CT molecular complexity index is 1010. The molecule has 5 heteroatoms. The Morgan fingerprint density at radius 1 is 1.03 bits per heavy atom. The summed E-state index contributed by atoms with van der Waals surface area (Å²) in [7, 11) is 0. The molecule has 4 aliphatic carbocycles. The fraction of sp³-hybridized carbons (Fsp3) is 0.417. The predicted molar refractivity (Wildman–Crippen MR) is 112 cm³/mol. The summed E-state index contributed by atoms with van der Waals surface area (Å²) in [5.41, 5.74) is 0.722. The summed E-state index contributed by atoms with van der Waals surface area (Å²) in [4.78, 5) is 12.8. The fourth-order valence-electron chi connectivity index (χ4n) is 6.25. The van der Waals surface area contributed by atoms with E-state index in [0.717, 1.165) is 42.4 Å². The predicted octanol–water partition coefficient (Wildman–Crippen LogP) is 4.45. The summed E-state index contributed by atoms with van der Waals surface area (Å²) in [5, 5.41) is 27.4. The maximum absolute atomic E-state index is 12.8. The first-order chi connectivity index (χ1) is 14.0. The highest BCUT2D eigenvalue weighted by Gasteiger charge is 2.50. The van der Waals surface area contributed by atoms with E-state index in [4.69, 9.17) is 0 Å². The number of benzene rings is 2. The van der Waals surface area contributed by atoms with Gasteiger partial charge in [0.25, 0.3) is 5.91 Å². The third-order valence-corrected chi connectivity index (χ3v) is 7.07. The molecule has 4 saturated carbocycles. The summed E-state index contributed by atoms with van der Waals surface area (Å²) in [6.07, 6.45) is 9.14. The van der Waals surface area contributed by atoms with Crippen molar-refractivity contribution in [3.63, 3.8) is 0 Å². The SMILES string of the molecule is N#C/C(=C/NC12CC3CC(CC(C3)C1)C2)C(=O)Nc1cccc2c(O)cccc12. The number of rotatable bonds is 4. The van der Waals surface area contributed by atoms with Gasteiger partial charge >= 0.3 is 0 Å². The number of hydrogen-bond donors (Lipinski definition) is 3. The maximum atomic E-state index is 12.8. The van der Waals surface area contributed by atoms with Crippen LogP contribution in [0, 0.1) is 29.1 Å². The van der Waals surface area contributed by atoms with E-state index in [9.17, 15) is 15.2 Å². The van der Waals surface area contributed by atoms with Crippen molar-refractivity contribution in [3.8, 4) is 11.8 Å². The van der Waals surface area contributed by atoms with Crippen molar-refractivity contribution in [2.24, 2.45) is 17.8 Å². The molecule has 0 aromatic heterocycles. The number of carbonyl (C=O) groups is 1. The van der Waals surface area contributed by atoms with E-state index in [-0.39, 0.29) is 16.9 Å².